The molecule has 0 atom stereocenters. The summed E-state index contributed by atoms with van der Waals surface area (Å²) in [5.74, 6) is -0.289. The lowest BCUT2D eigenvalue weighted by Gasteiger charge is -2.08. The van der Waals surface area contributed by atoms with Gasteiger partial charge in [0.15, 0.2) is 5.78 Å². The number of fused-ring (bicyclic) bond motifs is 1. The molecule has 20 heavy (non-hydrogen) atoms. The molecule has 1 N–H and O–H groups in total. The van der Waals surface area contributed by atoms with Crippen LogP contribution in [0.15, 0.2) is 36.4 Å². The third-order valence-corrected chi connectivity index (χ3v) is 3.51. The minimum absolute atomic E-state index is 0.226. The fourth-order valence-electron chi connectivity index (χ4n) is 2.45. The number of carbonyl (C=O) groups is 1. The van der Waals surface area contributed by atoms with Crippen LogP contribution in [0.4, 0.5) is 4.39 Å². The fourth-order valence-corrected chi connectivity index (χ4v) is 2.45. The Balaban J connectivity index is 2.02. The monoisotopic (exact) mass is 271 g/mol. The number of ketones is 1. The smallest absolute Gasteiger partial charge is 0.196 e. The van der Waals surface area contributed by atoms with Gasteiger partial charge in [-0.2, -0.15) is 0 Å². The van der Waals surface area contributed by atoms with E-state index < -0.39 is 5.82 Å². The highest BCUT2D eigenvalue weighted by atomic mass is 19.1. The summed E-state index contributed by atoms with van der Waals surface area (Å²) in [6, 6.07) is 9.54. The second kappa shape index (κ2) is 5.06. The lowest BCUT2D eigenvalue weighted by Crippen LogP contribution is -2.05. The molecule has 3 nitrogen and oxygen atoms in total. The molecule has 0 spiro atoms. The summed E-state index contributed by atoms with van der Waals surface area (Å²) in [6.07, 6.45) is 0. The average Bonchev–Trinajstić information content (AvgIpc) is 2.93. The topological polar surface area (TPSA) is 38.3 Å². The molecule has 0 aromatic heterocycles. The van der Waals surface area contributed by atoms with E-state index in [4.69, 9.17) is 4.74 Å². The molecule has 1 aliphatic rings. The van der Waals surface area contributed by atoms with E-state index in [1.54, 1.807) is 6.07 Å². The average molecular weight is 271 g/mol. The maximum Gasteiger partial charge on any atom is 0.196 e. The van der Waals surface area contributed by atoms with E-state index in [0.717, 1.165) is 18.7 Å². The molecule has 3 rings (SSSR count). The second-order valence-corrected chi connectivity index (χ2v) is 4.76. The van der Waals surface area contributed by atoms with Crippen molar-refractivity contribution in [3.8, 4) is 5.75 Å². The van der Waals surface area contributed by atoms with Crippen LogP contribution in [0, 0.1) is 5.82 Å². The summed E-state index contributed by atoms with van der Waals surface area (Å²) < 4.78 is 18.5. The zero-order valence-corrected chi connectivity index (χ0v) is 11.1. The van der Waals surface area contributed by atoms with E-state index in [0.29, 0.717) is 11.3 Å². The third-order valence-electron chi connectivity index (χ3n) is 3.51. The number of hydrogen-bond donors (Lipinski definition) is 1. The van der Waals surface area contributed by atoms with Crippen molar-refractivity contribution in [3.63, 3.8) is 0 Å². The van der Waals surface area contributed by atoms with Crippen LogP contribution in [-0.4, -0.2) is 12.9 Å². The highest BCUT2D eigenvalue weighted by molar-refractivity contribution is 6.10. The molecule has 0 saturated carbocycles. The van der Waals surface area contributed by atoms with Gasteiger partial charge in [-0.3, -0.25) is 4.79 Å². The van der Waals surface area contributed by atoms with Crippen LogP contribution in [-0.2, 0) is 13.1 Å². The van der Waals surface area contributed by atoms with Gasteiger partial charge in [-0.15, -0.1) is 0 Å². The van der Waals surface area contributed by atoms with Crippen LogP contribution in [0.2, 0.25) is 0 Å². The third kappa shape index (κ3) is 2.18. The summed E-state index contributed by atoms with van der Waals surface area (Å²) in [5.41, 5.74) is 3.12. The highest BCUT2D eigenvalue weighted by Gasteiger charge is 2.18. The van der Waals surface area contributed by atoms with Crippen LogP contribution in [0.1, 0.15) is 27.0 Å². The molecule has 0 amide bonds. The number of methoxy groups -OCH3 is 1. The number of hydrogen-bond acceptors (Lipinski definition) is 3. The SMILES string of the molecule is COc1ccc(F)cc1C(=O)c1ccc2c(c1)CNC2. The van der Waals surface area contributed by atoms with Gasteiger partial charge in [-0.1, -0.05) is 12.1 Å². The first-order valence-corrected chi connectivity index (χ1v) is 6.40. The van der Waals surface area contributed by atoms with Crippen molar-refractivity contribution in [2.75, 3.05) is 7.11 Å². The van der Waals surface area contributed by atoms with E-state index >= 15 is 0 Å². The molecule has 0 saturated heterocycles. The van der Waals surface area contributed by atoms with Crippen molar-refractivity contribution in [1.29, 1.82) is 0 Å². The lowest BCUT2D eigenvalue weighted by atomic mass is 9.98. The van der Waals surface area contributed by atoms with Crippen molar-refractivity contribution in [2.45, 2.75) is 13.1 Å². The number of carbonyl (C=O) groups excluding carboxylic acids is 1. The molecule has 1 aliphatic heterocycles. The molecule has 0 bridgehead atoms. The Morgan fingerprint density at radius 1 is 1.15 bits per heavy atom. The van der Waals surface area contributed by atoms with Crippen molar-refractivity contribution in [3.05, 3.63) is 64.5 Å². The molecule has 102 valence electrons. The van der Waals surface area contributed by atoms with Crippen LogP contribution < -0.4 is 10.1 Å². The first-order chi connectivity index (χ1) is 9.69. The summed E-state index contributed by atoms with van der Waals surface area (Å²) in [7, 11) is 1.47. The summed E-state index contributed by atoms with van der Waals surface area (Å²) in [6.45, 7) is 1.59. The maximum absolute atomic E-state index is 13.4. The molecule has 4 heteroatoms. The van der Waals surface area contributed by atoms with Crippen LogP contribution >= 0.6 is 0 Å². The molecule has 0 fully saturated rings. The van der Waals surface area contributed by atoms with Crippen LogP contribution in [0.25, 0.3) is 0 Å². The Bertz CT molecular complexity index is 682. The van der Waals surface area contributed by atoms with Gasteiger partial charge < -0.3 is 10.1 Å². The van der Waals surface area contributed by atoms with E-state index in [9.17, 15) is 9.18 Å². The maximum atomic E-state index is 13.4. The van der Waals surface area contributed by atoms with Gasteiger partial charge in [0, 0.05) is 18.7 Å². The molecular weight excluding hydrogens is 257 g/mol. The predicted molar refractivity (Wildman–Crippen MR) is 73.4 cm³/mol. The Kier molecular flexibility index (Phi) is 3.24. The van der Waals surface area contributed by atoms with E-state index in [-0.39, 0.29) is 11.3 Å². The largest absolute Gasteiger partial charge is 0.496 e. The Morgan fingerprint density at radius 3 is 2.75 bits per heavy atom. The summed E-state index contributed by atoms with van der Waals surface area (Å²) >= 11 is 0. The quantitative estimate of drug-likeness (QED) is 0.872. The van der Waals surface area contributed by atoms with Crippen molar-refractivity contribution in [2.24, 2.45) is 0 Å². The fraction of sp³-hybridized carbons (Fsp3) is 0.188. The normalized spacial score (nSPS) is 13.1. The highest BCUT2D eigenvalue weighted by Crippen LogP contribution is 2.24. The van der Waals surface area contributed by atoms with Gasteiger partial charge in [0.05, 0.1) is 12.7 Å². The number of nitrogens with one attached hydrogen (secondary N) is 1. The molecule has 0 unspecified atom stereocenters. The number of ether oxygens (including phenoxy) is 1. The lowest BCUT2D eigenvalue weighted by molar-refractivity contribution is 0.103. The molecule has 0 radical (unpaired) electrons. The zero-order chi connectivity index (χ0) is 14.1. The Hall–Kier alpha value is -2.20. The zero-order valence-electron chi connectivity index (χ0n) is 11.1. The minimum Gasteiger partial charge on any atom is -0.496 e. The van der Waals surface area contributed by atoms with Crippen molar-refractivity contribution in [1.82, 2.24) is 5.32 Å². The van der Waals surface area contributed by atoms with Gasteiger partial charge >= 0.3 is 0 Å². The Morgan fingerprint density at radius 2 is 1.95 bits per heavy atom. The van der Waals surface area contributed by atoms with Gasteiger partial charge in [-0.25, -0.2) is 4.39 Å². The number of halogens is 1. The van der Waals surface area contributed by atoms with Crippen molar-refractivity contribution < 1.29 is 13.9 Å². The van der Waals surface area contributed by atoms with Crippen molar-refractivity contribution >= 4 is 5.78 Å². The molecular formula is C16H14FNO2. The predicted octanol–water partition coefficient (Wildman–Crippen LogP) is 2.67. The van der Waals surface area contributed by atoms with Crippen LogP contribution in [0.5, 0.6) is 5.75 Å². The van der Waals surface area contributed by atoms with Gasteiger partial charge in [0.2, 0.25) is 0 Å². The Labute approximate surface area is 116 Å². The van der Waals surface area contributed by atoms with Crippen LogP contribution in [0.3, 0.4) is 0 Å². The van der Waals surface area contributed by atoms with Gasteiger partial charge in [-0.05, 0) is 35.4 Å². The van der Waals surface area contributed by atoms with Gasteiger partial charge in [0.1, 0.15) is 11.6 Å². The van der Waals surface area contributed by atoms with Gasteiger partial charge in [0.25, 0.3) is 0 Å². The number of benzene rings is 2. The summed E-state index contributed by atoms with van der Waals surface area (Å²) in [5, 5.41) is 3.23. The van der Waals surface area contributed by atoms with E-state index in [1.807, 2.05) is 12.1 Å². The molecule has 2 aromatic carbocycles. The molecule has 0 aliphatic carbocycles. The molecule has 1 heterocycles. The van der Waals surface area contributed by atoms with E-state index in [2.05, 4.69) is 5.32 Å². The standard InChI is InChI=1S/C16H14FNO2/c1-20-15-5-4-13(17)7-14(15)16(19)10-2-3-11-8-18-9-12(11)6-10/h2-7,18H,8-9H2,1H3. The number of rotatable bonds is 3. The first kappa shape index (κ1) is 12.8. The first-order valence-electron chi connectivity index (χ1n) is 6.40. The minimum atomic E-state index is -0.447. The van der Waals surface area contributed by atoms with E-state index in [1.165, 1.54) is 30.9 Å². The molecule has 2 aromatic rings. The second-order valence-electron chi connectivity index (χ2n) is 4.76. The summed E-state index contributed by atoms with van der Waals surface area (Å²) in [4.78, 5) is 12.5.